The lowest BCUT2D eigenvalue weighted by Gasteiger charge is -2.38. The molecule has 0 saturated carbocycles. The fourth-order valence-electron chi connectivity index (χ4n) is 2.63. The highest BCUT2D eigenvalue weighted by Gasteiger charge is 2.30. The number of hydrogen-bond donors (Lipinski definition) is 2. The molecule has 0 aromatic carbocycles. The van der Waals surface area contributed by atoms with Crippen molar-refractivity contribution in [2.45, 2.75) is 32.9 Å². The molecule has 1 amide bonds. The van der Waals surface area contributed by atoms with Gasteiger partial charge in [-0.3, -0.25) is 9.89 Å². The Hall–Kier alpha value is -2.08. The third-order valence-electron chi connectivity index (χ3n) is 4.10. The largest absolute Gasteiger partial charge is 0.460 e. The molecule has 6 heteroatoms. The van der Waals surface area contributed by atoms with Gasteiger partial charge in [0.15, 0.2) is 11.5 Å². The Morgan fingerprint density at radius 3 is 2.95 bits per heavy atom. The van der Waals surface area contributed by atoms with Crippen molar-refractivity contribution in [3.05, 3.63) is 29.7 Å². The number of carbonyl (C=O) groups excluding carboxylic acids is 1. The standard InChI is InChI=1S/C15H20N4O2/c1-9-4-5-14(21-9)12-8-13(18-17-12)15(20)19-7-6-16-10(2)11(19)3/h4-5,8,10-11,16H,6-7H2,1-3H3,(H,17,18). The normalized spacial score (nSPS) is 22.5. The number of aromatic amines is 1. The van der Waals surface area contributed by atoms with Crippen molar-refractivity contribution in [3.63, 3.8) is 0 Å². The molecule has 2 atom stereocenters. The van der Waals surface area contributed by atoms with Crippen LogP contribution in [0.15, 0.2) is 22.6 Å². The molecule has 21 heavy (non-hydrogen) atoms. The first kappa shape index (κ1) is 13.9. The highest BCUT2D eigenvalue weighted by Crippen LogP contribution is 2.21. The molecule has 1 saturated heterocycles. The molecule has 3 rings (SSSR count). The summed E-state index contributed by atoms with van der Waals surface area (Å²) in [6.45, 7) is 7.54. The summed E-state index contributed by atoms with van der Waals surface area (Å²) >= 11 is 0. The first-order valence-electron chi connectivity index (χ1n) is 7.23. The van der Waals surface area contributed by atoms with Gasteiger partial charge in [-0.1, -0.05) is 0 Å². The van der Waals surface area contributed by atoms with Crippen LogP contribution in [0.3, 0.4) is 0 Å². The van der Waals surface area contributed by atoms with Gasteiger partial charge in [0, 0.05) is 31.2 Å². The van der Waals surface area contributed by atoms with Crippen LogP contribution >= 0.6 is 0 Å². The predicted molar refractivity (Wildman–Crippen MR) is 79.0 cm³/mol. The zero-order valence-corrected chi connectivity index (χ0v) is 12.5. The Labute approximate surface area is 123 Å². The topological polar surface area (TPSA) is 74.2 Å². The quantitative estimate of drug-likeness (QED) is 0.883. The third kappa shape index (κ3) is 2.58. The van der Waals surface area contributed by atoms with E-state index in [1.165, 1.54) is 0 Å². The van der Waals surface area contributed by atoms with Crippen LogP contribution in [0.25, 0.3) is 11.5 Å². The lowest BCUT2D eigenvalue weighted by molar-refractivity contribution is 0.0597. The van der Waals surface area contributed by atoms with Crippen LogP contribution in [-0.4, -0.2) is 46.2 Å². The maximum atomic E-state index is 12.6. The first-order chi connectivity index (χ1) is 10.1. The third-order valence-corrected chi connectivity index (χ3v) is 4.10. The molecule has 2 N–H and O–H groups in total. The number of H-pyrrole nitrogens is 1. The summed E-state index contributed by atoms with van der Waals surface area (Å²) in [6.07, 6.45) is 0. The number of carbonyl (C=O) groups is 1. The minimum atomic E-state index is -0.0402. The number of aromatic nitrogens is 2. The van der Waals surface area contributed by atoms with Gasteiger partial charge in [0.25, 0.3) is 5.91 Å². The minimum Gasteiger partial charge on any atom is -0.460 e. The van der Waals surface area contributed by atoms with Crippen molar-refractivity contribution in [2.75, 3.05) is 13.1 Å². The molecular formula is C15H20N4O2. The van der Waals surface area contributed by atoms with E-state index in [1.807, 2.05) is 24.0 Å². The average molecular weight is 288 g/mol. The SMILES string of the molecule is Cc1ccc(-c2cc(C(=O)N3CCNC(C)C3C)n[nH]2)o1. The number of aryl methyl sites for hydroxylation is 1. The summed E-state index contributed by atoms with van der Waals surface area (Å²) in [5, 5.41) is 10.4. The molecule has 0 spiro atoms. The van der Waals surface area contributed by atoms with Crippen LogP contribution in [0.5, 0.6) is 0 Å². The minimum absolute atomic E-state index is 0.0402. The summed E-state index contributed by atoms with van der Waals surface area (Å²) < 4.78 is 5.54. The van der Waals surface area contributed by atoms with Gasteiger partial charge < -0.3 is 14.6 Å². The molecule has 1 aliphatic heterocycles. The monoisotopic (exact) mass is 288 g/mol. The molecule has 1 aliphatic rings. The van der Waals surface area contributed by atoms with Gasteiger partial charge in [0.2, 0.25) is 0 Å². The molecule has 6 nitrogen and oxygen atoms in total. The number of hydrogen-bond acceptors (Lipinski definition) is 4. The first-order valence-corrected chi connectivity index (χ1v) is 7.23. The second-order valence-electron chi connectivity index (χ2n) is 5.56. The zero-order valence-electron chi connectivity index (χ0n) is 12.5. The van der Waals surface area contributed by atoms with Gasteiger partial charge in [-0.2, -0.15) is 5.10 Å². The van der Waals surface area contributed by atoms with Crippen molar-refractivity contribution in [3.8, 4) is 11.5 Å². The van der Waals surface area contributed by atoms with E-state index in [4.69, 9.17) is 4.42 Å². The van der Waals surface area contributed by atoms with Crippen LogP contribution < -0.4 is 5.32 Å². The highest BCUT2D eigenvalue weighted by atomic mass is 16.3. The number of furan rings is 1. The zero-order chi connectivity index (χ0) is 15.0. The maximum absolute atomic E-state index is 12.6. The Morgan fingerprint density at radius 1 is 1.43 bits per heavy atom. The van der Waals surface area contributed by atoms with E-state index < -0.39 is 0 Å². The fraction of sp³-hybridized carbons (Fsp3) is 0.467. The van der Waals surface area contributed by atoms with Crippen molar-refractivity contribution in [2.24, 2.45) is 0 Å². The summed E-state index contributed by atoms with van der Waals surface area (Å²) in [5.74, 6) is 1.49. The molecule has 0 bridgehead atoms. The van der Waals surface area contributed by atoms with Crippen molar-refractivity contribution in [1.82, 2.24) is 20.4 Å². The lowest BCUT2D eigenvalue weighted by Crippen LogP contribution is -2.57. The van der Waals surface area contributed by atoms with E-state index in [1.54, 1.807) is 6.07 Å². The van der Waals surface area contributed by atoms with Gasteiger partial charge in [-0.25, -0.2) is 0 Å². The maximum Gasteiger partial charge on any atom is 0.274 e. The lowest BCUT2D eigenvalue weighted by atomic mass is 10.1. The van der Waals surface area contributed by atoms with Gasteiger partial charge >= 0.3 is 0 Å². The van der Waals surface area contributed by atoms with Gasteiger partial charge in [0.05, 0.1) is 0 Å². The van der Waals surface area contributed by atoms with Gasteiger partial charge in [-0.15, -0.1) is 0 Å². The second-order valence-corrected chi connectivity index (χ2v) is 5.56. The van der Waals surface area contributed by atoms with Crippen LogP contribution in [0.4, 0.5) is 0 Å². The Balaban J connectivity index is 1.81. The van der Waals surface area contributed by atoms with Gasteiger partial charge in [0.1, 0.15) is 11.5 Å². The van der Waals surface area contributed by atoms with Crippen molar-refractivity contribution >= 4 is 5.91 Å². The molecule has 3 heterocycles. The van der Waals surface area contributed by atoms with E-state index in [0.717, 1.165) is 18.0 Å². The van der Waals surface area contributed by atoms with E-state index in [2.05, 4.69) is 29.4 Å². The molecule has 0 radical (unpaired) electrons. The van der Waals surface area contributed by atoms with E-state index in [9.17, 15) is 4.79 Å². The molecule has 0 aliphatic carbocycles. The Morgan fingerprint density at radius 2 is 2.24 bits per heavy atom. The number of amides is 1. The predicted octanol–water partition coefficient (Wildman–Crippen LogP) is 1.80. The summed E-state index contributed by atoms with van der Waals surface area (Å²) in [6, 6.07) is 5.94. The smallest absolute Gasteiger partial charge is 0.274 e. The Kier molecular flexibility index (Phi) is 3.55. The van der Waals surface area contributed by atoms with Crippen LogP contribution in [-0.2, 0) is 0 Å². The summed E-state index contributed by atoms with van der Waals surface area (Å²) in [7, 11) is 0. The molecule has 112 valence electrons. The van der Waals surface area contributed by atoms with E-state index in [0.29, 0.717) is 18.0 Å². The Bertz CT molecular complexity index is 646. The molecule has 2 aromatic rings. The molecule has 2 unspecified atom stereocenters. The highest BCUT2D eigenvalue weighted by molar-refractivity contribution is 5.93. The van der Waals surface area contributed by atoms with E-state index in [-0.39, 0.29) is 18.0 Å². The summed E-state index contributed by atoms with van der Waals surface area (Å²) in [5.41, 5.74) is 1.15. The summed E-state index contributed by atoms with van der Waals surface area (Å²) in [4.78, 5) is 14.5. The molecule has 2 aromatic heterocycles. The average Bonchev–Trinajstić information content (AvgIpc) is 3.09. The van der Waals surface area contributed by atoms with Crippen molar-refractivity contribution < 1.29 is 9.21 Å². The van der Waals surface area contributed by atoms with E-state index >= 15 is 0 Å². The number of nitrogens with zero attached hydrogens (tertiary/aromatic N) is 2. The number of piperazine rings is 1. The second kappa shape index (κ2) is 5.37. The molecular weight excluding hydrogens is 268 g/mol. The fourth-order valence-corrected chi connectivity index (χ4v) is 2.63. The van der Waals surface area contributed by atoms with Crippen LogP contribution in [0.2, 0.25) is 0 Å². The number of rotatable bonds is 2. The van der Waals surface area contributed by atoms with Crippen LogP contribution in [0.1, 0.15) is 30.1 Å². The van der Waals surface area contributed by atoms with Crippen molar-refractivity contribution in [1.29, 1.82) is 0 Å². The number of nitrogens with one attached hydrogen (secondary N) is 2. The van der Waals surface area contributed by atoms with Gasteiger partial charge in [-0.05, 0) is 32.9 Å². The molecule has 1 fully saturated rings. The van der Waals surface area contributed by atoms with Crippen LogP contribution in [0, 0.1) is 6.92 Å².